The van der Waals surface area contributed by atoms with Crippen molar-refractivity contribution in [3.63, 3.8) is 0 Å². The Hall–Kier alpha value is -5.74. The quantitative estimate of drug-likeness (QED) is 0.0289. The summed E-state index contributed by atoms with van der Waals surface area (Å²) in [6, 6.07) is 34.9. The van der Waals surface area contributed by atoms with Gasteiger partial charge in [0.2, 0.25) is 0 Å². The van der Waals surface area contributed by atoms with Crippen molar-refractivity contribution in [2.75, 3.05) is 26.4 Å². The molecule has 0 radical (unpaired) electrons. The van der Waals surface area contributed by atoms with Crippen molar-refractivity contribution < 1.29 is 18.9 Å². The van der Waals surface area contributed by atoms with Crippen molar-refractivity contribution >= 4 is 48.6 Å². The zero-order chi connectivity index (χ0) is 53.7. The smallest absolute Gasteiger partial charge is 0.127 e. The van der Waals surface area contributed by atoms with Crippen LogP contribution in [0.15, 0.2) is 97.1 Å². The minimum Gasteiger partial charge on any atom is -0.493 e. The molecule has 4 nitrogen and oxygen atoms in total. The lowest BCUT2D eigenvalue weighted by molar-refractivity contribution is 0.295. The monoisotopic (exact) mass is 1030 g/mol. The number of aryl methyl sites for hydroxylation is 2. The van der Waals surface area contributed by atoms with Crippen molar-refractivity contribution in [2.45, 2.75) is 196 Å². The molecule has 0 saturated heterocycles. The summed E-state index contributed by atoms with van der Waals surface area (Å²) in [6.07, 6.45) is 46.9. The molecule has 0 saturated carbocycles. The molecule has 5 rings (SSSR count). The standard InChI is InChI=1S/C72H98O4/c1-7-11-15-19-23-27-51-73-69-57-67(71(75-53-29-25-21-17-13-9-3)55-65(69)47-43-61-35-31-59(5)32-36-61)49-45-63-39-41-64(42-40-63)46-50-68-58-70(74-52-28-24-20-16-12-8-2)66(48-44-62-37-33-60(6)34-38-62)56-72(68)76-54-30-26-22-18-14-10-4/h31-50,55-58H,7-30,51-54H2,1-6H3/b47-43+,48-44+,49-45+,50-46+. The van der Waals surface area contributed by atoms with E-state index in [1.54, 1.807) is 0 Å². The molecular weight excluding hydrogens is 929 g/mol. The first-order chi connectivity index (χ1) is 37.4. The third-order valence-electron chi connectivity index (χ3n) is 14.2. The fourth-order valence-electron chi connectivity index (χ4n) is 9.28. The third-order valence-corrected chi connectivity index (χ3v) is 14.2. The zero-order valence-corrected chi connectivity index (χ0v) is 48.3. The van der Waals surface area contributed by atoms with Crippen LogP contribution in [0.4, 0.5) is 0 Å². The molecule has 0 aliphatic rings. The van der Waals surface area contributed by atoms with Crippen LogP contribution in [0.2, 0.25) is 0 Å². The highest BCUT2D eigenvalue weighted by molar-refractivity contribution is 5.81. The third kappa shape index (κ3) is 24.5. The van der Waals surface area contributed by atoms with Gasteiger partial charge in [-0.25, -0.2) is 0 Å². The van der Waals surface area contributed by atoms with E-state index in [0.29, 0.717) is 26.4 Å². The molecule has 0 bridgehead atoms. The van der Waals surface area contributed by atoms with Crippen LogP contribution >= 0.6 is 0 Å². The maximum Gasteiger partial charge on any atom is 0.127 e. The number of hydrogen-bond donors (Lipinski definition) is 0. The average molecular weight is 1030 g/mol. The first kappa shape index (κ1) is 61.1. The summed E-state index contributed by atoms with van der Waals surface area (Å²) in [5.41, 5.74) is 11.2. The van der Waals surface area contributed by atoms with E-state index in [1.807, 2.05) is 0 Å². The van der Waals surface area contributed by atoms with Crippen molar-refractivity contribution in [2.24, 2.45) is 0 Å². The predicted octanol–water partition coefficient (Wildman–Crippen LogP) is 21.9. The fourth-order valence-corrected chi connectivity index (χ4v) is 9.28. The van der Waals surface area contributed by atoms with E-state index in [-0.39, 0.29) is 0 Å². The van der Waals surface area contributed by atoms with Crippen molar-refractivity contribution in [1.29, 1.82) is 0 Å². The highest BCUT2D eigenvalue weighted by atomic mass is 16.5. The largest absolute Gasteiger partial charge is 0.493 e. The zero-order valence-electron chi connectivity index (χ0n) is 48.3. The van der Waals surface area contributed by atoms with Crippen LogP contribution in [-0.4, -0.2) is 26.4 Å². The number of hydrogen-bond acceptors (Lipinski definition) is 4. The van der Waals surface area contributed by atoms with E-state index in [1.165, 1.54) is 151 Å². The SMILES string of the molecule is CCCCCCCCOc1cc(/C=C/c2ccc(/C=C/c3cc(OCCCCCCCC)c(/C=C/c4ccc(C)cc4)cc3OCCCCCCCC)cc2)c(OCCCCCCCC)cc1/C=C/c1ccc(C)cc1. The lowest BCUT2D eigenvalue weighted by atomic mass is 10.0. The van der Waals surface area contributed by atoms with E-state index in [0.717, 1.165) is 82.1 Å². The molecule has 0 amide bonds. The molecule has 410 valence electrons. The van der Waals surface area contributed by atoms with Crippen LogP contribution < -0.4 is 18.9 Å². The first-order valence-electron chi connectivity index (χ1n) is 30.2. The lowest BCUT2D eigenvalue weighted by Gasteiger charge is -2.16. The van der Waals surface area contributed by atoms with E-state index in [4.69, 9.17) is 18.9 Å². The van der Waals surface area contributed by atoms with Gasteiger partial charge in [-0.2, -0.15) is 0 Å². The van der Waals surface area contributed by atoms with Crippen LogP contribution in [0.1, 0.15) is 237 Å². The number of rotatable bonds is 40. The van der Waals surface area contributed by atoms with Gasteiger partial charge in [0.05, 0.1) is 26.4 Å². The molecule has 4 heteroatoms. The van der Waals surface area contributed by atoms with Crippen LogP contribution in [0.25, 0.3) is 48.6 Å². The molecule has 0 heterocycles. The summed E-state index contributed by atoms with van der Waals surface area (Å²) in [5, 5.41) is 0. The number of unbranched alkanes of at least 4 members (excludes halogenated alkanes) is 20. The summed E-state index contributed by atoms with van der Waals surface area (Å²) in [6.45, 7) is 16.1. The van der Waals surface area contributed by atoms with Crippen LogP contribution in [0.5, 0.6) is 23.0 Å². The van der Waals surface area contributed by atoms with Gasteiger partial charge in [-0.15, -0.1) is 0 Å². The maximum atomic E-state index is 6.66. The number of benzene rings is 5. The summed E-state index contributed by atoms with van der Waals surface area (Å²) in [4.78, 5) is 0. The van der Waals surface area contributed by atoms with Crippen LogP contribution in [0, 0.1) is 13.8 Å². The number of ether oxygens (including phenoxy) is 4. The van der Waals surface area contributed by atoms with E-state index in [2.05, 4.69) is 187 Å². The molecule has 0 atom stereocenters. The Labute approximate surface area is 463 Å². The Balaban J connectivity index is 1.41. The van der Waals surface area contributed by atoms with Crippen LogP contribution in [-0.2, 0) is 0 Å². The molecule has 76 heavy (non-hydrogen) atoms. The highest BCUT2D eigenvalue weighted by Crippen LogP contribution is 2.35. The summed E-state index contributed by atoms with van der Waals surface area (Å²) in [5.74, 6) is 3.57. The normalized spacial score (nSPS) is 11.8. The second-order valence-electron chi connectivity index (χ2n) is 21.1. The molecule has 0 aliphatic heterocycles. The van der Waals surface area contributed by atoms with Gasteiger partial charge in [-0.3, -0.25) is 0 Å². The lowest BCUT2D eigenvalue weighted by Crippen LogP contribution is -2.03. The molecule has 0 aliphatic carbocycles. The Morgan fingerprint density at radius 2 is 0.447 bits per heavy atom. The van der Waals surface area contributed by atoms with E-state index in [9.17, 15) is 0 Å². The molecule has 0 fully saturated rings. The summed E-state index contributed by atoms with van der Waals surface area (Å²) >= 11 is 0. The molecule has 5 aromatic rings. The van der Waals surface area contributed by atoms with Gasteiger partial charge in [-0.1, -0.05) is 289 Å². The molecule has 0 aromatic heterocycles. The minimum atomic E-state index is 0.693. The molecule has 5 aromatic carbocycles. The second kappa shape index (κ2) is 37.9. The highest BCUT2D eigenvalue weighted by Gasteiger charge is 2.13. The minimum absolute atomic E-state index is 0.693. The van der Waals surface area contributed by atoms with Crippen LogP contribution in [0.3, 0.4) is 0 Å². The van der Waals surface area contributed by atoms with Gasteiger partial charge < -0.3 is 18.9 Å². The van der Waals surface area contributed by atoms with Crippen molar-refractivity contribution in [3.05, 3.63) is 153 Å². The van der Waals surface area contributed by atoms with Gasteiger partial charge in [0.25, 0.3) is 0 Å². The molecule has 0 unspecified atom stereocenters. The summed E-state index contributed by atoms with van der Waals surface area (Å²) < 4.78 is 26.6. The van der Waals surface area contributed by atoms with E-state index >= 15 is 0 Å². The molecule has 0 spiro atoms. The predicted molar refractivity (Wildman–Crippen MR) is 333 cm³/mol. The Morgan fingerprint density at radius 1 is 0.250 bits per heavy atom. The first-order valence-corrected chi connectivity index (χ1v) is 30.2. The van der Waals surface area contributed by atoms with Gasteiger partial charge in [0, 0.05) is 22.3 Å². The summed E-state index contributed by atoms with van der Waals surface area (Å²) in [7, 11) is 0. The Morgan fingerprint density at radius 3 is 0.671 bits per heavy atom. The van der Waals surface area contributed by atoms with Gasteiger partial charge >= 0.3 is 0 Å². The Bertz CT molecular complexity index is 2260. The van der Waals surface area contributed by atoms with Crippen molar-refractivity contribution in [1.82, 2.24) is 0 Å². The van der Waals surface area contributed by atoms with E-state index < -0.39 is 0 Å². The second-order valence-corrected chi connectivity index (χ2v) is 21.1. The van der Waals surface area contributed by atoms with Gasteiger partial charge in [0.1, 0.15) is 23.0 Å². The Kier molecular flexibility index (Phi) is 30.5. The topological polar surface area (TPSA) is 36.9 Å². The van der Waals surface area contributed by atoms with Gasteiger partial charge in [-0.05, 0) is 86.1 Å². The molecule has 0 N–H and O–H groups in total. The van der Waals surface area contributed by atoms with Crippen molar-refractivity contribution in [3.8, 4) is 23.0 Å². The average Bonchev–Trinajstić information content (AvgIpc) is 3.44. The molecular formula is C72H98O4. The fraction of sp³-hybridized carbons (Fsp3) is 0.472. The maximum absolute atomic E-state index is 6.66. The van der Waals surface area contributed by atoms with Gasteiger partial charge in [0.15, 0.2) is 0 Å².